The molecule has 3 heterocycles. The van der Waals surface area contributed by atoms with Gasteiger partial charge in [-0.1, -0.05) is 24.3 Å². The number of nitrogens with two attached hydrogens (primary N) is 1. The van der Waals surface area contributed by atoms with Crippen LogP contribution in [0.15, 0.2) is 62.2 Å². The van der Waals surface area contributed by atoms with Crippen LogP contribution >= 0.6 is 0 Å². The van der Waals surface area contributed by atoms with Gasteiger partial charge in [0.1, 0.15) is 28.1 Å². The summed E-state index contributed by atoms with van der Waals surface area (Å²) in [6, 6.07) is 12.1. The molecule has 1 unspecified atom stereocenters. The highest BCUT2D eigenvalue weighted by atomic mass is 16.5. The summed E-state index contributed by atoms with van der Waals surface area (Å²) >= 11 is 0. The Balaban J connectivity index is 1.90. The van der Waals surface area contributed by atoms with Crippen LogP contribution in [-0.2, 0) is 9.53 Å². The van der Waals surface area contributed by atoms with Crippen LogP contribution in [0.3, 0.4) is 0 Å². The number of esters is 1. The van der Waals surface area contributed by atoms with Gasteiger partial charge in [-0.25, -0.2) is 14.2 Å². The van der Waals surface area contributed by atoms with E-state index in [0.29, 0.717) is 11.1 Å². The number of aromatic hydroxyl groups is 2. The second-order valence-corrected chi connectivity index (χ2v) is 7.32. The topological polar surface area (TPSA) is 154 Å². The minimum absolute atomic E-state index is 0.0199. The smallest absolute Gasteiger partial charge is 0.362 e. The maximum atomic E-state index is 12.9. The highest BCUT2D eigenvalue weighted by Crippen LogP contribution is 2.38. The Morgan fingerprint density at radius 1 is 1.09 bits per heavy atom. The third kappa shape index (κ3) is 3.24. The molecule has 0 spiro atoms. The number of rotatable bonds is 3. The number of benzene rings is 2. The molecule has 0 fully saturated rings. The Labute approximate surface area is 185 Å². The first-order chi connectivity index (χ1) is 15.9. The number of hydrogen-bond donors (Lipinski definition) is 3. The summed E-state index contributed by atoms with van der Waals surface area (Å²) in [4.78, 5) is 30.1. The van der Waals surface area contributed by atoms with E-state index in [1.54, 1.807) is 24.3 Å². The SMILES string of the molecule is COC(=O)C1=c2oc(=O)/c(=C\c3ccc(O)cc3)n2-c2oc(N)nc2C1c1ccc(O)cc1. The molecule has 0 saturated heterocycles. The number of hydrogen-bond acceptors (Lipinski definition) is 9. The zero-order chi connectivity index (χ0) is 23.3. The normalized spacial score (nSPS) is 15.2. The molecule has 33 heavy (non-hydrogen) atoms. The molecule has 0 saturated carbocycles. The number of nitrogens with zero attached hydrogens (tertiary/aromatic N) is 2. The number of carbonyl (C=O) groups excluding carboxylic acids is 1. The van der Waals surface area contributed by atoms with Gasteiger partial charge in [-0.3, -0.25) is 0 Å². The largest absolute Gasteiger partial charge is 0.508 e. The lowest BCUT2D eigenvalue weighted by atomic mass is 9.87. The van der Waals surface area contributed by atoms with Gasteiger partial charge in [0.2, 0.25) is 11.4 Å². The third-order valence-electron chi connectivity index (χ3n) is 5.32. The number of carbonyl (C=O) groups is 1. The average molecular weight is 447 g/mol. The average Bonchev–Trinajstić information content (AvgIpc) is 3.33. The molecule has 1 atom stereocenters. The van der Waals surface area contributed by atoms with Crippen molar-refractivity contribution in [3.05, 3.63) is 86.7 Å². The Morgan fingerprint density at radius 3 is 2.36 bits per heavy atom. The van der Waals surface area contributed by atoms with Gasteiger partial charge in [0.15, 0.2) is 0 Å². The fourth-order valence-electron chi connectivity index (χ4n) is 3.87. The van der Waals surface area contributed by atoms with Gasteiger partial charge in [-0.05, 0) is 41.5 Å². The fraction of sp³-hybridized carbons (Fsp3) is 0.0870. The van der Waals surface area contributed by atoms with E-state index in [-0.39, 0.29) is 45.6 Å². The lowest BCUT2D eigenvalue weighted by Gasteiger charge is -2.21. The molecule has 2 aromatic carbocycles. The Bertz CT molecular complexity index is 1560. The maximum Gasteiger partial charge on any atom is 0.362 e. The minimum Gasteiger partial charge on any atom is -0.508 e. The summed E-state index contributed by atoms with van der Waals surface area (Å²) in [5, 5.41) is 19.3. The van der Waals surface area contributed by atoms with Crippen molar-refractivity contribution in [1.29, 1.82) is 0 Å². The Kier molecular flexibility index (Phi) is 4.56. The maximum absolute atomic E-state index is 12.9. The van der Waals surface area contributed by atoms with Crippen LogP contribution in [-0.4, -0.2) is 32.8 Å². The van der Waals surface area contributed by atoms with E-state index in [9.17, 15) is 19.8 Å². The summed E-state index contributed by atoms with van der Waals surface area (Å²) in [7, 11) is 1.21. The van der Waals surface area contributed by atoms with Gasteiger partial charge < -0.3 is 29.5 Å². The van der Waals surface area contributed by atoms with Gasteiger partial charge in [-0.2, -0.15) is 4.98 Å². The molecule has 0 aliphatic carbocycles. The van der Waals surface area contributed by atoms with Gasteiger partial charge in [0, 0.05) is 0 Å². The lowest BCUT2D eigenvalue weighted by molar-refractivity contribution is -0.134. The molecule has 1 aliphatic rings. The number of ether oxygens (including phenoxy) is 1. The molecule has 4 aromatic rings. The first kappa shape index (κ1) is 20.2. The molecular weight excluding hydrogens is 430 g/mol. The van der Waals surface area contributed by atoms with E-state index < -0.39 is 17.5 Å². The van der Waals surface area contributed by atoms with Gasteiger partial charge in [0.25, 0.3) is 6.01 Å². The fourth-order valence-corrected chi connectivity index (χ4v) is 3.87. The molecule has 1 aliphatic heterocycles. The third-order valence-corrected chi connectivity index (χ3v) is 5.32. The predicted octanol–water partition coefficient (Wildman–Crippen LogP) is 0.710. The minimum atomic E-state index is -0.832. The number of oxazole rings is 2. The second kappa shape index (κ2) is 7.45. The summed E-state index contributed by atoms with van der Waals surface area (Å²) in [6.45, 7) is 0. The zero-order valence-corrected chi connectivity index (χ0v) is 17.2. The first-order valence-corrected chi connectivity index (χ1v) is 9.78. The molecule has 2 aromatic heterocycles. The molecule has 10 nitrogen and oxygen atoms in total. The number of aromatic nitrogens is 2. The van der Waals surface area contributed by atoms with E-state index in [1.165, 1.54) is 42.0 Å². The zero-order valence-electron chi connectivity index (χ0n) is 17.2. The number of methoxy groups -OCH3 is 1. The van der Waals surface area contributed by atoms with E-state index in [2.05, 4.69) is 4.98 Å². The predicted molar refractivity (Wildman–Crippen MR) is 115 cm³/mol. The van der Waals surface area contributed by atoms with Crippen LogP contribution in [0.4, 0.5) is 6.01 Å². The van der Waals surface area contributed by atoms with E-state index in [0.717, 1.165) is 0 Å². The summed E-state index contributed by atoms with van der Waals surface area (Å²) in [6.07, 6.45) is 1.52. The molecule has 5 rings (SSSR count). The molecule has 0 radical (unpaired) electrons. The summed E-state index contributed by atoms with van der Waals surface area (Å²) < 4.78 is 17.5. The van der Waals surface area contributed by atoms with Crippen molar-refractivity contribution in [3.8, 4) is 17.4 Å². The van der Waals surface area contributed by atoms with Crippen molar-refractivity contribution in [2.75, 3.05) is 12.8 Å². The number of fused-ring (bicyclic) bond motifs is 3. The van der Waals surface area contributed by atoms with Crippen LogP contribution in [0.25, 0.3) is 17.5 Å². The standard InChI is InChI=1S/C23H17N3O7/c1-31-22(30)17-16(12-4-8-14(28)9-5-12)18-20(33-23(24)25-18)26-15(21(29)32-19(17)26)10-11-2-6-13(27)7-3-11/h2-10,16,27-28H,1H3,(H2,24,25)/b15-10+. The van der Waals surface area contributed by atoms with Crippen molar-refractivity contribution >= 4 is 23.6 Å². The van der Waals surface area contributed by atoms with Crippen LogP contribution < -0.4 is 22.3 Å². The van der Waals surface area contributed by atoms with Crippen LogP contribution in [0.5, 0.6) is 11.5 Å². The lowest BCUT2D eigenvalue weighted by Crippen LogP contribution is -2.37. The van der Waals surface area contributed by atoms with Crippen LogP contribution in [0.1, 0.15) is 22.7 Å². The Hall–Kier alpha value is -4.73. The molecule has 166 valence electrons. The van der Waals surface area contributed by atoms with E-state index in [4.69, 9.17) is 19.3 Å². The number of anilines is 1. The van der Waals surface area contributed by atoms with Gasteiger partial charge >= 0.3 is 11.6 Å². The molecule has 10 heteroatoms. The van der Waals surface area contributed by atoms with Crippen LogP contribution in [0, 0.1) is 0 Å². The molecule has 4 N–H and O–H groups in total. The summed E-state index contributed by atoms with van der Waals surface area (Å²) in [5.74, 6) is -1.35. The second-order valence-electron chi connectivity index (χ2n) is 7.32. The van der Waals surface area contributed by atoms with Crippen LogP contribution in [0.2, 0.25) is 0 Å². The summed E-state index contributed by atoms with van der Waals surface area (Å²) in [5.41, 5.74) is 6.50. The van der Waals surface area contributed by atoms with E-state index in [1.807, 2.05) is 0 Å². The monoisotopic (exact) mass is 447 g/mol. The molecule has 0 bridgehead atoms. The first-order valence-electron chi connectivity index (χ1n) is 9.78. The number of nitrogen functional groups attached to an aromatic ring is 1. The quantitative estimate of drug-likeness (QED) is 0.385. The van der Waals surface area contributed by atoms with Crippen molar-refractivity contribution < 1.29 is 28.6 Å². The van der Waals surface area contributed by atoms with E-state index >= 15 is 0 Å². The molecule has 0 amide bonds. The highest BCUT2D eigenvalue weighted by Gasteiger charge is 2.39. The molecular formula is C23H17N3O7. The van der Waals surface area contributed by atoms with Crippen molar-refractivity contribution in [1.82, 2.24) is 9.55 Å². The van der Waals surface area contributed by atoms with Gasteiger partial charge in [-0.15, -0.1) is 0 Å². The number of phenols is 2. The van der Waals surface area contributed by atoms with Crippen molar-refractivity contribution in [3.63, 3.8) is 0 Å². The van der Waals surface area contributed by atoms with Crippen molar-refractivity contribution in [2.45, 2.75) is 5.92 Å². The Morgan fingerprint density at radius 2 is 1.73 bits per heavy atom. The van der Waals surface area contributed by atoms with Crippen molar-refractivity contribution in [2.24, 2.45) is 0 Å². The van der Waals surface area contributed by atoms with Gasteiger partial charge in [0.05, 0.1) is 13.0 Å². The number of phenolic OH excluding ortho intramolecular Hbond substituents is 2. The highest BCUT2D eigenvalue weighted by molar-refractivity contribution is 6.12.